The van der Waals surface area contributed by atoms with Gasteiger partial charge in [0.1, 0.15) is 5.56 Å². The van der Waals surface area contributed by atoms with E-state index in [2.05, 4.69) is 10.3 Å². The molecule has 1 heterocycles. The normalized spacial score (nSPS) is 11.8. The quantitative estimate of drug-likeness (QED) is 0.889. The summed E-state index contributed by atoms with van der Waals surface area (Å²) in [5.41, 5.74) is 1.04. The van der Waals surface area contributed by atoms with Crippen LogP contribution in [0.25, 0.3) is 10.9 Å². The number of fused-ring (bicyclic) bond motifs is 1. The number of nitrogens with one attached hydrogen (secondary N) is 2. The van der Waals surface area contributed by atoms with E-state index in [4.69, 9.17) is 5.26 Å². The maximum Gasteiger partial charge on any atom is 0.261 e. The summed E-state index contributed by atoms with van der Waals surface area (Å²) in [5, 5.41) is 12.2. The second-order valence-corrected chi connectivity index (χ2v) is 4.74. The van der Waals surface area contributed by atoms with Crippen LogP contribution in [-0.4, -0.2) is 17.4 Å². The van der Waals surface area contributed by atoms with Gasteiger partial charge in [-0.25, -0.2) is 0 Å². The van der Waals surface area contributed by atoms with Crippen LogP contribution in [0.2, 0.25) is 0 Å². The molecule has 0 spiro atoms. The molecule has 1 amide bonds. The van der Waals surface area contributed by atoms with Gasteiger partial charge in [-0.3, -0.25) is 9.59 Å². The molecule has 0 saturated carbocycles. The lowest BCUT2D eigenvalue weighted by molar-refractivity contribution is 0.0949. The van der Waals surface area contributed by atoms with Crippen molar-refractivity contribution >= 4 is 16.8 Å². The maximum absolute atomic E-state index is 12.1. The molecule has 1 aromatic carbocycles. The second-order valence-electron chi connectivity index (χ2n) is 4.74. The number of carbonyl (C=O) groups is 1. The minimum Gasteiger partial charge on any atom is -0.351 e. The third-order valence-corrected chi connectivity index (χ3v) is 3.20. The summed E-state index contributed by atoms with van der Waals surface area (Å²) in [4.78, 5) is 26.8. The van der Waals surface area contributed by atoms with Crippen LogP contribution >= 0.6 is 0 Å². The smallest absolute Gasteiger partial charge is 0.261 e. The van der Waals surface area contributed by atoms with E-state index in [-0.39, 0.29) is 18.0 Å². The number of benzene rings is 1. The fraction of sp³-hybridized carbons (Fsp3) is 0.267. The van der Waals surface area contributed by atoms with Gasteiger partial charge in [0.25, 0.3) is 11.5 Å². The molecule has 0 unspecified atom stereocenters. The fourth-order valence-corrected chi connectivity index (χ4v) is 2.06. The fourth-order valence-electron chi connectivity index (χ4n) is 2.06. The van der Waals surface area contributed by atoms with Crippen molar-refractivity contribution in [3.05, 3.63) is 45.7 Å². The summed E-state index contributed by atoms with van der Waals surface area (Å²) in [6, 6.07) is 9.36. The molecule has 5 heteroatoms. The molecule has 1 aromatic heterocycles. The first-order chi connectivity index (χ1) is 9.54. The zero-order valence-electron chi connectivity index (χ0n) is 11.4. The maximum atomic E-state index is 12.1. The summed E-state index contributed by atoms with van der Waals surface area (Å²) >= 11 is 0. The van der Waals surface area contributed by atoms with E-state index < -0.39 is 11.5 Å². The molecule has 0 aliphatic heterocycles. The lowest BCUT2D eigenvalue weighted by Crippen LogP contribution is -2.33. The van der Waals surface area contributed by atoms with Crippen molar-refractivity contribution in [2.24, 2.45) is 5.92 Å². The van der Waals surface area contributed by atoms with Crippen molar-refractivity contribution < 1.29 is 4.79 Å². The first kappa shape index (κ1) is 13.8. The highest BCUT2D eigenvalue weighted by Gasteiger charge is 2.16. The molecule has 20 heavy (non-hydrogen) atoms. The molecule has 0 saturated heterocycles. The molecule has 0 fully saturated rings. The summed E-state index contributed by atoms with van der Waals surface area (Å²) in [6.45, 7) is 3.68. The number of H-pyrrole nitrogens is 1. The zero-order chi connectivity index (χ0) is 14.7. The molecule has 102 valence electrons. The monoisotopic (exact) mass is 269 g/mol. The first-order valence-electron chi connectivity index (χ1n) is 6.34. The number of pyridine rings is 1. The predicted molar refractivity (Wildman–Crippen MR) is 76.4 cm³/mol. The topological polar surface area (TPSA) is 85.8 Å². The van der Waals surface area contributed by atoms with E-state index in [9.17, 15) is 9.59 Å². The minimum absolute atomic E-state index is 0.105. The molecule has 2 N–H and O–H groups in total. The van der Waals surface area contributed by atoms with Crippen LogP contribution in [0.3, 0.4) is 0 Å². The Balaban J connectivity index is 2.42. The van der Waals surface area contributed by atoms with Gasteiger partial charge in [-0.15, -0.1) is 0 Å². The predicted octanol–water partition coefficient (Wildman–Crippen LogP) is 1.73. The van der Waals surface area contributed by atoms with E-state index in [0.29, 0.717) is 11.1 Å². The van der Waals surface area contributed by atoms with Crippen LogP contribution in [-0.2, 0) is 0 Å². The van der Waals surface area contributed by atoms with Gasteiger partial charge in [0.05, 0.1) is 12.0 Å². The number of aromatic nitrogens is 1. The molecule has 5 nitrogen and oxygen atoms in total. The van der Waals surface area contributed by atoms with Crippen LogP contribution in [0.4, 0.5) is 0 Å². The van der Waals surface area contributed by atoms with Crippen molar-refractivity contribution in [2.75, 3.05) is 6.54 Å². The van der Waals surface area contributed by atoms with Gasteiger partial charge in [0.2, 0.25) is 0 Å². The largest absolute Gasteiger partial charge is 0.351 e. The number of carbonyl (C=O) groups excluding carboxylic acids is 1. The average molecular weight is 269 g/mol. The highest BCUT2D eigenvalue weighted by atomic mass is 16.2. The molecule has 0 radical (unpaired) electrons. The van der Waals surface area contributed by atoms with E-state index in [0.717, 1.165) is 5.39 Å². The van der Waals surface area contributed by atoms with Crippen molar-refractivity contribution in [3.63, 3.8) is 0 Å². The molecule has 0 bridgehead atoms. The van der Waals surface area contributed by atoms with Crippen LogP contribution < -0.4 is 10.9 Å². The molecule has 2 aromatic rings. The van der Waals surface area contributed by atoms with E-state index in [1.165, 1.54) is 0 Å². The number of para-hydroxylation sites is 1. The average Bonchev–Trinajstić information content (AvgIpc) is 2.44. The Kier molecular flexibility index (Phi) is 3.85. The molecule has 0 aliphatic rings. The molecular formula is C15H15N3O2. The number of aromatic amines is 1. The number of nitriles is 1. The Hall–Kier alpha value is -2.61. The number of hydrogen-bond acceptors (Lipinski definition) is 3. The molecule has 1 atom stereocenters. The van der Waals surface area contributed by atoms with Gasteiger partial charge < -0.3 is 10.3 Å². The number of hydrogen-bond donors (Lipinski definition) is 2. The lowest BCUT2D eigenvalue weighted by Gasteiger charge is -2.10. The van der Waals surface area contributed by atoms with Crippen molar-refractivity contribution in [1.82, 2.24) is 10.3 Å². The summed E-state index contributed by atoms with van der Waals surface area (Å²) < 4.78 is 0. The molecular weight excluding hydrogens is 254 g/mol. The van der Waals surface area contributed by atoms with Crippen LogP contribution in [0.15, 0.2) is 29.1 Å². The van der Waals surface area contributed by atoms with Gasteiger partial charge in [0.15, 0.2) is 0 Å². The number of amides is 1. The SMILES string of the molecule is Cc1c(C(=O)NC[C@@H](C)C#N)c(=O)[nH]c2ccccc12. The van der Waals surface area contributed by atoms with Crippen LogP contribution in [0.5, 0.6) is 0 Å². The minimum atomic E-state index is -0.448. The van der Waals surface area contributed by atoms with E-state index in [1.54, 1.807) is 19.9 Å². The Morgan fingerprint density at radius 3 is 2.85 bits per heavy atom. The van der Waals surface area contributed by atoms with Crippen molar-refractivity contribution in [1.29, 1.82) is 5.26 Å². The Morgan fingerprint density at radius 1 is 1.45 bits per heavy atom. The third-order valence-electron chi connectivity index (χ3n) is 3.20. The van der Waals surface area contributed by atoms with Gasteiger partial charge in [0, 0.05) is 17.4 Å². The highest BCUT2D eigenvalue weighted by molar-refractivity contribution is 5.99. The van der Waals surface area contributed by atoms with Crippen molar-refractivity contribution in [3.8, 4) is 6.07 Å². The Bertz CT molecular complexity index is 756. The van der Waals surface area contributed by atoms with Crippen LogP contribution in [0.1, 0.15) is 22.8 Å². The standard InChI is InChI=1S/C15H15N3O2/c1-9(7-16)8-17-14(19)13-10(2)11-5-3-4-6-12(11)18-15(13)20/h3-6,9H,8H2,1-2H3,(H,17,19)(H,18,20)/t9-/m0/s1. The third kappa shape index (κ3) is 2.54. The number of aryl methyl sites for hydroxylation is 1. The van der Waals surface area contributed by atoms with Gasteiger partial charge >= 0.3 is 0 Å². The molecule has 0 aliphatic carbocycles. The van der Waals surface area contributed by atoms with Gasteiger partial charge in [-0.2, -0.15) is 5.26 Å². The lowest BCUT2D eigenvalue weighted by atomic mass is 10.0. The van der Waals surface area contributed by atoms with E-state index in [1.807, 2.05) is 24.3 Å². The molecule has 2 rings (SSSR count). The van der Waals surface area contributed by atoms with E-state index >= 15 is 0 Å². The van der Waals surface area contributed by atoms with Crippen molar-refractivity contribution in [2.45, 2.75) is 13.8 Å². The Labute approximate surface area is 116 Å². The van der Waals surface area contributed by atoms with Gasteiger partial charge in [-0.05, 0) is 25.5 Å². The summed E-state index contributed by atoms with van der Waals surface area (Å²) in [5.74, 6) is -0.740. The number of rotatable bonds is 3. The second kappa shape index (κ2) is 5.57. The zero-order valence-corrected chi connectivity index (χ0v) is 11.4. The Morgan fingerprint density at radius 2 is 2.15 bits per heavy atom. The van der Waals surface area contributed by atoms with Crippen LogP contribution in [0, 0.1) is 24.2 Å². The van der Waals surface area contributed by atoms with Gasteiger partial charge in [-0.1, -0.05) is 18.2 Å². The first-order valence-corrected chi connectivity index (χ1v) is 6.34. The summed E-state index contributed by atoms with van der Waals surface area (Å²) in [6.07, 6.45) is 0. The summed E-state index contributed by atoms with van der Waals surface area (Å²) in [7, 11) is 0. The number of nitrogens with zero attached hydrogens (tertiary/aromatic N) is 1. The highest BCUT2D eigenvalue weighted by Crippen LogP contribution is 2.16.